The van der Waals surface area contributed by atoms with E-state index in [1.807, 2.05) is 17.0 Å². The van der Waals surface area contributed by atoms with Crippen molar-refractivity contribution in [3.8, 4) is 0 Å². The smallest absolute Gasteiger partial charge is 0.229 e. The molecule has 1 aromatic rings. The monoisotopic (exact) mass is 352 g/mol. The first-order valence-corrected chi connectivity index (χ1v) is 9.80. The maximum Gasteiger partial charge on any atom is 0.229 e. The summed E-state index contributed by atoms with van der Waals surface area (Å²) in [5.74, 6) is 0.392. The number of fused-ring (bicyclic) bond motifs is 4. The summed E-state index contributed by atoms with van der Waals surface area (Å²) in [5, 5.41) is 20.5. The van der Waals surface area contributed by atoms with Crippen LogP contribution in [0.1, 0.15) is 24.8 Å². The van der Waals surface area contributed by atoms with E-state index in [1.54, 1.807) is 0 Å². The lowest BCUT2D eigenvalue weighted by atomic mass is 9.53. The van der Waals surface area contributed by atoms with Crippen LogP contribution in [0.3, 0.4) is 0 Å². The van der Waals surface area contributed by atoms with Gasteiger partial charge in [-0.05, 0) is 36.9 Å². The molecule has 4 aliphatic heterocycles. The summed E-state index contributed by atoms with van der Waals surface area (Å²) in [5.41, 5.74) is 3.60. The molecule has 5 nitrogen and oxygen atoms in total. The number of carbonyl (C=O) groups is 1. The lowest BCUT2D eigenvalue weighted by molar-refractivity contribution is -0.129. The number of amides is 1. The Morgan fingerprint density at radius 3 is 3.00 bits per heavy atom. The lowest BCUT2D eigenvalue weighted by Gasteiger charge is -2.58. The molecule has 1 saturated carbocycles. The van der Waals surface area contributed by atoms with Crippen LogP contribution in [-0.2, 0) is 10.2 Å². The van der Waals surface area contributed by atoms with Crippen molar-refractivity contribution in [2.45, 2.75) is 42.9 Å². The van der Waals surface area contributed by atoms with Gasteiger partial charge in [0.15, 0.2) is 0 Å². The molecule has 3 saturated heterocycles. The zero-order valence-corrected chi connectivity index (χ0v) is 14.7. The molecule has 1 aliphatic carbocycles. The number of hydrogen-bond acceptors (Lipinski definition) is 4. The van der Waals surface area contributed by atoms with E-state index in [1.165, 1.54) is 11.1 Å². The molecule has 0 radical (unpaired) electrons. The molecular formula is C21H24N2O3. The minimum absolute atomic E-state index is 0.0421. The normalized spacial score (nSPS) is 44.4. The van der Waals surface area contributed by atoms with E-state index < -0.39 is 6.10 Å². The molecule has 26 heavy (non-hydrogen) atoms. The SMILES string of the molecule is O=C1C[C@H](O)[C@@H]2[C@@H]3N1c1ccccc1[C@@]31CCN3CC(=CCO)[C@@H]2C[C@H]31. The quantitative estimate of drug-likeness (QED) is 0.742. The molecule has 4 fully saturated rings. The molecule has 0 unspecified atom stereocenters. The Hall–Kier alpha value is -1.69. The second kappa shape index (κ2) is 4.97. The topological polar surface area (TPSA) is 64.0 Å². The summed E-state index contributed by atoms with van der Waals surface area (Å²) >= 11 is 0. The zero-order valence-electron chi connectivity index (χ0n) is 14.7. The molecule has 5 heteroatoms. The standard InChI is InChI=1S/C21H24N2O3/c24-8-5-12-11-22-7-6-21-14-3-1-2-4-15(14)23-18(26)10-16(25)19(20(21)23)13(12)9-17(21)22/h1-5,13,16-17,19-20,24-25H,6-11H2/t13-,16-,17-,19+,20-,21+/m0/s1. The number of benzene rings is 1. The van der Waals surface area contributed by atoms with Crippen LogP contribution >= 0.6 is 0 Å². The third-order valence-electron chi connectivity index (χ3n) is 7.94. The Labute approximate surface area is 152 Å². The Morgan fingerprint density at radius 1 is 1.31 bits per heavy atom. The predicted octanol–water partition coefficient (Wildman–Crippen LogP) is 1.05. The van der Waals surface area contributed by atoms with Gasteiger partial charge >= 0.3 is 0 Å². The van der Waals surface area contributed by atoms with E-state index >= 15 is 0 Å². The van der Waals surface area contributed by atoms with Crippen LogP contribution in [-0.4, -0.2) is 58.9 Å². The summed E-state index contributed by atoms with van der Waals surface area (Å²) in [6.45, 7) is 1.96. The Bertz CT molecular complexity index is 836. The second-order valence-electron chi connectivity index (χ2n) is 8.65. The Kier molecular flexibility index (Phi) is 2.94. The molecular weight excluding hydrogens is 328 g/mol. The largest absolute Gasteiger partial charge is 0.392 e. The van der Waals surface area contributed by atoms with E-state index in [2.05, 4.69) is 23.1 Å². The number of rotatable bonds is 1. The van der Waals surface area contributed by atoms with E-state index in [-0.39, 0.29) is 42.2 Å². The molecule has 2 N–H and O–H groups in total. The summed E-state index contributed by atoms with van der Waals surface area (Å²) in [7, 11) is 0. The number of aliphatic hydroxyl groups is 2. The van der Waals surface area contributed by atoms with Crippen molar-refractivity contribution >= 4 is 11.6 Å². The van der Waals surface area contributed by atoms with Gasteiger partial charge in [-0.25, -0.2) is 0 Å². The van der Waals surface area contributed by atoms with E-state index in [4.69, 9.17) is 0 Å². The average molecular weight is 352 g/mol. The van der Waals surface area contributed by atoms with Crippen LogP contribution in [0.25, 0.3) is 0 Å². The van der Waals surface area contributed by atoms with Crippen LogP contribution < -0.4 is 4.90 Å². The van der Waals surface area contributed by atoms with Gasteiger partial charge in [0.25, 0.3) is 0 Å². The lowest BCUT2D eigenvalue weighted by Crippen LogP contribution is -2.69. The first-order chi connectivity index (χ1) is 12.7. The molecule has 0 aromatic heterocycles. The highest BCUT2D eigenvalue weighted by Gasteiger charge is 2.70. The summed E-state index contributed by atoms with van der Waals surface area (Å²) in [6, 6.07) is 8.90. The molecule has 1 spiro atoms. The number of nitrogens with zero attached hydrogens (tertiary/aromatic N) is 2. The minimum Gasteiger partial charge on any atom is -0.392 e. The van der Waals surface area contributed by atoms with Crippen LogP contribution in [0.5, 0.6) is 0 Å². The van der Waals surface area contributed by atoms with Gasteiger partial charge in [-0.1, -0.05) is 29.8 Å². The Morgan fingerprint density at radius 2 is 2.15 bits per heavy atom. The third kappa shape index (κ3) is 1.57. The first-order valence-electron chi connectivity index (χ1n) is 9.80. The highest BCUT2D eigenvalue weighted by atomic mass is 16.3. The maximum absolute atomic E-state index is 13.0. The van der Waals surface area contributed by atoms with E-state index in [9.17, 15) is 15.0 Å². The van der Waals surface area contributed by atoms with Gasteiger partial charge in [-0.15, -0.1) is 0 Å². The van der Waals surface area contributed by atoms with Crippen molar-refractivity contribution in [3.63, 3.8) is 0 Å². The number of hydrogen-bond donors (Lipinski definition) is 2. The van der Waals surface area contributed by atoms with Crippen LogP contribution in [0.2, 0.25) is 0 Å². The minimum atomic E-state index is -0.588. The Balaban J connectivity index is 1.61. The van der Waals surface area contributed by atoms with E-state index in [0.717, 1.165) is 31.6 Å². The van der Waals surface area contributed by atoms with Crippen molar-refractivity contribution in [1.82, 2.24) is 4.90 Å². The first kappa shape index (κ1) is 15.4. The second-order valence-corrected chi connectivity index (χ2v) is 8.65. The molecule has 1 amide bonds. The third-order valence-corrected chi connectivity index (χ3v) is 7.94. The van der Waals surface area contributed by atoms with Gasteiger partial charge < -0.3 is 15.1 Å². The van der Waals surface area contributed by atoms with Gasteiger partial charge in [0.2, 0.25) is 5.91 Å². The fourth-order valence-corrected chi connectivity index (χ4v) is 7.20. The van der Waals surface area contributed by atoms with Crippen molar-refractivity contribution in [2.24, 2.45) is 11.8 Å². The summed E-state index contributed by atoms with van der Waals surface area (Å²) < 4.78 is 0. The number of para-hydroxylation sites is 1. The molecule has 4 heterocycles. The van der Waals surface area contributed by atoms with Gasteiger partial charge in [-0.2, -0.15) is 0 Å². The number of anilines is 1. The van der Waals surface area contributed by atoms with E-state index in [0.29, 0.717) is 6.04 Å². The average Bonchev–Trinajstić information content (AvgIpc) is 3.17. The predicted molar refractivity (Wildman–Crippen MR) is 96.8 cm³/mol. The summed E-state index contributed by atoms with van der Waals surface area (Å²) in [4.78, 5) is 17.6. The maximum atomic E-state index is 13.0. The molecule has 136 valence electrons. The van der Waals surface area contributed by atoms with Crippen LogP contribution in [0.4, 0.5) is 5.69 Å². The zero-order chi connectivity index (χ0) is 17.6. The van der Waals surface area contributed by atoms with Crippen LogP contribution in [0, 0.1) is 11.8 Å². The molecule has 6 atom stereocenters. The highest BCUT2D eigenvalue weighted by Crippen LogP contribution is 2.64. The van der Waals surface area contributed by atoms with Gasteiger partial charge in [0.1, 0.15) is 0 Å². The molecule has 5 aliphatic rings. The highest BCUT2D eigenvalue weighted by molar-refractivity contribution is 5.99. The fourth-order valence-electron chi connectivity index (χ4n) is 7.20. The van der Waals surface area contributed by atoms with Crippen molar-refractivity contribution in [2.75, 3.05) is 24.6 Å². The molecule has 6 rings (SSSR count). The number of piperidine rings is 2. The number of aliphatic hydroxyl groups excluding tert-OH is 2. The number of carbonyl (C=O) groups excluding carboxylic acids is 1. The van der Waals surface area contributed by atoms with Crippen LogP contribution in [0.15, 0.2) is 35.9 Å². The van der Waals surface area contributed by atoms with Crippen molar-refractivity contribution in [3.05, 3.63) is 41.5 Å². The fraction of sp³-hybridized carbons (Fsp3) is 0.571. The van der Waals surface area contributed by atoms with Gasteiger partial charge in [0.05, 0.1) is 25.2 Å². The van der Waals surface area contributed by atoms with Gasteiger partial charge in [0, 0.05) is 29.6 Å². The summed E-state index contributed by atoms with van der Waals surface area (Å²) in [6.07, 6.45) is 3.64. The van der Waals surface area contributed by atoms with Crippen molar-refractivity contribution < 1.29 is 15.0 Å². The molecule has 2 bridgehead atoms. The van der Waals surface area contributed by atoms with Gasteiger partial charge in [-0.3, -0.25) is 9.69 Å². The van der Waals surface area contributed by atoms with Crippen molar-refractivity contribution in [1.29, 1.82) is 0 Å². The molecule has 1 aromatic carbocycles.